The van der Waals surface area contributed by atoms with Gasteiger partial charge in [0.15, 0.2) is 0 Å². The molecular weight excluding hydrogens is 213 g/mol. The highest BCUT2D eigenvalue weighted by molar-refractivity contribution is 6.43. The Morgan fingerprint density at radius 1 is 1.46 bits per heavy atom. The number of amides is 1. The molecule has 0 aliphatic heterocycles. The molecule has 1 aromatic carbocycles. The Bertz CT molecular complexity index is 341. The second-order valence-electron chi connectivity index (χ2n) is 2.41. The topological polar surface area (TPSA) is 40.5 Å². The van der Waals surface area contributed by atoms with Crippen LogP contribution in [0, 0.1) is 0 Å². The van der Waals surface area contributed by atoms with Gasteiger partial charge in [0.2, 0.25) is 0 Å². The first-order valence-corrected chi connectivity index (χ1v) is 4.20. The van der Waals surface area contributed by atoms with Gasteiger partial charge in [0.05, 0.1) is 15.7 Å². The predicted octanol–water partition coefficient (Wildman–Crippen LogP) is 3.11. The van der Waals surface area contributed by atoms with E-state index >= 15 is 0 Å². The molecule has 13 heavy (non-hydrogen) atoms. The average molecular weight is 220 g/mol. The molecule has 0 fully saturated rings. The zero-order valence-electron chi connectivity index (χ0n) is 6.79. The number of carboxylic acid groups (broad SMARTS) is 1. The Hall–Kier alpha value is -0.930. The summed E-state index contributed by atoms with van der Waals surface area (Å²) in [7, 11) is 1.40. The van der Waals surface area contributed by atoms with Crippen LogP contribution in [0.25, 0.3) is 0 Å². The molecule has 0 spiro atoms. The maximum Gasteiger partial charge on any atom is 0.411 e. The number of carbonyl (C=O) groups is 1. The fourth-order valence-electron chi connectivity index (χ4n) is 0.854. The van der Waals surface area contributed by atoms with Crippen LogP contribution in [-0.2, 0) is 0 Å². The highest BCUT2D eigenvalue weighted by Crippen LogP contribution is 2.31. The summed E-state index contributed by atoms with van der Waals surface area (Å²) in [6, 6.07) is 4.83. The average Bonchev–Trinajstić information content (AvgIpc) is 2.08. The molecular formula is C8H7Cl2NO2. The van der Waals surface area contributed by atoms with Crippen molar-refractivity contribution in [3.63, 3.8) is 0 Å². The Kier molecular flexibility index (Phi) is 3.01. The molecule has 0 unspecified atom stereocenters. The molecule has 0 saturated heterocycles. The largest absolute Gasteiger partial charge is 0.465 e. The highest BCUT2D eigenvalue weighted by atomic mass is 35.5. The zero-order chi connectivity index (χ0) is 10.0. The lowest BCUT2D eigenvalue weighted by atomic mass is 10.3. The van der Waals surface area contributed by atoms with E-state index in [2.05, 4.69) is 0 Å². The highest BCUT2D eigenvalue weighted by Gasteiger charge is 2.13. The van der Waals surface area contributed by atoms with Gasteiger partial charge in [-0.2, -0.15) is 0 Å². The Labute approximate surface area is 85.5 Å². The third-order valence-electron chi connectivity index (χ3n) is 1.58. The second kappa shape index (κ2) is 3.85. The summed E-state index contributed by atoms with van der Waals surface area (Å²) >= 11 is 11.5. The van der Waals surface area contributed by atoms with Crippen molar-refractivity contribution in [2.45, 2.75) is 0 Å². The minimum atomic E-state index is -1.08. The Morgan fingerprint density at radius 2 is 2.08 bits per heavy atom. The normalized spacial score (nSPS) is 9.77. The van der Waals surface area contributed by atoms with E-state index in [1.807, 2.05) is 0 Å². The van der Waals surface area contributed by atoms with Crippen molar-refractivity contribution in [3.05, 3.63) is 28.2 Å². The summed E-state index contributed by atoms with van der Waals surface area (Å²) in [4.78, 5) is 11.6. The molecule has 0 bridgehead atoms. The SMILES string of the molecule is CN(C(=O)O)c1cccc(Cl)c1Cl. The minimum Gasteiger partial charge on any atom is -0.465 e. The summed E-state index contributed by atoms with van der Waals surface area (Å²) in [5.74, 6) is 0. The third-order valence-corrected chi connectivity index (χ3v) is 2.39. The van der Waals surface area contributed by atoms with Crippen LogP contribution in [0.1, 0.15) is 0 Å². The molecule has 0 heterocycles. The molecule has 0 radical (unpaired) electrons. The molecule has 70 valence electrons. The number of rotatable bonds is 1. The van der Waals surface area contributed by atoms with Crippen LogP contribution >= 0.6 is 23.2 Å². The first kappa shape index (κ1) is 10.2. The van der Waals surface area contributed by atoms with Crippen LogP contribution in [0.3, 0.4) is 0 Å². The number of halogens is 2. The van der Waals surface area contributed by atoms with Gasteiger partial charge in [-0.15, -0.1) is 0 Å². The molecule has 0 aliphatic rings. The number of anilines is 1. The lowest BCUT2D eigenvalue weighted by molar-refractivity contribution is 0.203. The third kappa shape index (κ3) is 2.05. The summed E-state index contributed by atoms with van der Waals surface area (Å²) in [5, 5.41) is 9.26. The van der Waals surface area contributed by atoms with Gasteiger partial charge in [-0.05, 0) is 12.1 Å². The van der Waals surface area contributed by atoms with Gasteiger partial charge in [-0.25, -0.2) is 4.79 Å². The predicted molar refractivity (Wildman–Crippen MR) is 52.9 cm³/mol. The van der Waals surface area contributed by atoms with Gasteiger partial charge in [0.25, 0.3) is 0 Å². The van der Waals surface area contributed by atoms with Crippen LogP contribution in [-0.4, -0.2) is 18.2 Å². The molecule has 0 atom stereocenters. The molecule has 3 nitrogen and oxygen atoms in total. The molecule has 1 aromatic rings. The van der Waals surface area contributed by atoms with Crippen molar-refractivity contribution < 1.29 is 9.90 Å². The van der Waals surface area contributed by atoms with E-state index in [1.165, 1.54) is 7.05 Å². The Morgan fingerprint density at radius 3 is 2.62 bits per heavy atom. The van der Waals surface area contributed by atoms with Gasteiger partial charge < -0.3 is 5.11 Å². The van der Waals surface area contributed by atoms with E-state index in [0.29, 0.717) is 10.7 Å². The van der Waals surface area contributed by atoms with Crippen molar-refractivity contribution in [3.8, 4) is 0 Å². The van der Waals surface area contributed by atoms with Gasteiger partial charge in [0.1, 0.15) is 0 Å². The molecule has 0 saturated carbocycles. The fraction of sp³-hybridized carbons (Fsp3) is 0.125. The first-order chi connectivity index (χ1) is 6.04. The van der Waals surface area contributed by atoms with Crippen LogP contribution in [0.5, 0.6) is 0 Å². The zero-order valence-corrected chi connectivity index (χ0v) is 8.30. The van der Waals surface area contributed by atoms with Gasteiger partial charge in [-0.3, -0.25) is 4.90 Å². The van der Waals surface area contributed by atoms with Crippen LogP contribution in [0.2, 0.25) is 10.0 Å². The summed E-state index contributed by atoms with van der Waals surface area (Å²) in [6.45, 7) is 0. The molecule has 1 rings (SSSR count). The first-order valence-electron chi connectivity index (χ1n) is 3.44. The number of nitrogens with zero attached hydrogens (tertiary/aromatic N) is 1. The lowest BCUT2D eigenvalue weighted by Gasteiger charge is -2.14. The number of benzene rings is 1. The summed E-state index contributed by atoms with van der Waals surface area (Å²) in [6.07, 6.45) is -1.08. The lowest BCUT2D eigenvalue weighted by Crippen LogP contribution is -2.23. The van der Waals surface area contributed by atoms with Gasteiger partial charge in [0, 0.05) is 7.05 Å². The maximum absolute atomic E-state index is 10.6. The summed E-state index contributed by atoms with van der Waals surface area (Å²) < 4.78 is 0. The van der Waals surface area contributed by atoms with Crippen LogP contribution in [0.4, 0.5) is 10.5 Å². The van der Waals surface area contributed by atoms with Gasteiger partial charge >= 0.3 is 6.09 Å². The van der Waals surface area contributed by atoms with Gasteiger partial charge in [-0.1, -0.05) is 29.3 Å². The monoisotopic (exact) mass is 219 g/mol. The van der Waals surface area contributed by atoms with Crippen LogP contribution < -0.4 is 4.90 Å². The standard InChI is InChI=1S/C8H7Cl2NO2/c1-11(8(12)13)6-4-2-3-5(9)7(6)10/h2-4H,1H3,(H,12,13). The fourth-order valence-corrected chi connectivity index (χ4v) is 1.28. The smallest absolute Gasteiger partial charge is 0.411 e. The van der Waals surface area contributed by atoms with Crippen molar-refractivity contribution in [1.29, 1.82) is 0 Å². The molecule has 0 aromatic heterocycles. The van der Waals surface area contributed by atoms with E-state index in [1.54, 1.807) is 18.2 Å². The molecule has 5 heteroatoms. The van der Waals surface area contributed by atoms with E-state index in [0.717, 1.165) is 4.90 Å². The summed E-state index contributed by atoms with van der Waals surface area (Å²) in [5.41, 5.74) is 0.377. The quantitative estimate of drug-likeness (QED) is 0.789. The number of hydrogen-bond acceptors (Lipinski definition) is 1. The minimum absolute atomic E-state index is 0.245. The van der Waals surface area contributed by atoms with Crippen LogP contribution in [0.15, 0.2) is 18.2 Å². The van der Waals surface area contributed by atoms with Crippen molar-refractivity contribution in [2.24, 2.45) is 0 Å². The van der Waals surface area contributed by atoms with E-state index < -0.39 is 6.09 Å². The van der Waals surface area contributed by atoms with Crippen molar-refractivity contribution >= 4 is 35.0 Å². The van der Waals surface area contributed by atoms with E-state index in [9.17, 15) is 4.79 Å². The van der Waals surface area contributed by atoms with E-state index in [-0.39, 0.29) is 5.02 Å². The number of hydrogen-bond donors (Lipinski definition) is 1. The second-order valence-corrected chi connectivity index (χ2v) is 3.20. The maximum atomic E-state index is 10.6. The van der Waals surface area contributed by atoms with Crippen molar-refractivity contribution in [2.75, 3.05) is 11.9 Å². The van der Waals surface area contributed by atoms with E-state index in [4.69, 9.17) is 28.3 Å². The molecule has 1 N–H and O–H groups in total. The molecule has 0 aliphatic carbocycles. The molecule has 1 amide bonds. The Balaban J connectivity index is 3.15. The van der Waals surface area contributed by atoms with Crippen molar-refractivity contribution in [1.82, 2.24) is 0 Å².